The van der Waals surface area contributed by atoms with E-state index >= 15 is 0 Å². The summed E-state index contributed by atoms with van der Waals surface area (Å²) in [6.07, 6.45) is 0.780. The smallest absolute Gasteiger partial charge is 0.305 e. The van der Waals surface area contributed by atoms with E-state index in [1.807, 2.05) is 18.2 Å². The van der Waals surface area contributed by atoms with Crippen molar-refractivity contribution in [2.45, 2.75) is 19.4 Å². The minimum Gasteiger partial charge on any atom is -0.488 e. The van der Waals surface area contributed by atoms with Crippen LogP contribution in [0.5, 0.6) is 5.75 Å². The number of rotatable bonds is 8. The number of amides is 1. The van der Waals surface area contributed by atoms with E-state index in [0.29, 0.717) is 29.3 Å². The Labute approximate surface area is 151 Å². The number of hydrogen-bond donors (Lipinski definition) is 1. The predicted molar refractivity (Wildman–Crippen MR) is 95.8 cm³/mol. The van der Waals surface area contributed by atoms with Crippen molar-refractivity contribution in [3.63, 3.8) is 0 Å². The molecule has 0 unspecified atom stereocenters. The second-order valence-corrected chi connectivity index (χ2v) is 5.72. The van der Waals surface area contributed by atoms with Crippen LogP contribution in [0.25, 0.3) is 0 Å². The number of methoxy groups -OCH3 is 1. The Morgan fingerprint density at radius 2 is 1.80 bits per heavy atom. The molecule has 2 rings (SSSR count). The van der Waals surface area contributed by atoms with Gasteiger partial charge in [0.25, 0.3) is 5.91 Å². The molecule has 0 atom stereocenters. The van der Waals surface area contributed by atoms with E-state index < -0.39 is 0 Å². The second-order valence-electron chi connectivity index (χ2n) is 5.31. The number of carbonyl (C=O) groups is 2. The highest BCUT2D eigenvalue weighted by Gasteiger charge is 2.12. The first-order valence-corrected chi connectivity index (χ1v) is 8.30. The summed E-state index contributed by atoms with van der Waals surface area (Å²) in [5, 5.41) is 3.39. The Kier molecular flexibility index (Phi) is 7.29. The number of halogens is 1. The third-order valence-corrected chi connectivity index (χ3v) is 3.91. The first kappa shape index (κ1) is 18.8. The molecule has 0 saturated heterocycles. The summed E-state index contributed by atoms with van der Waals surface area (Å²) in [5.74, 6) is -0.0646. The minimum absolute atomic E-state index is 0.250. The summed E-state index contributed by atoms with van der Waals surface area (Å²) in [6, 6.07) is 14.4. The fourth-order valence-electron chi connectivity index (χ4n) is 2.18. The molecule has 2 aromatic carbocycles. The predicted octanol–water partition coefficient (Wildman–Crippen LogP) is 3.60. The zero-order valence-electron chi connectivity index (χ0n) is 14.0. The van der Waals surface area contributed by atoms with Crippen LogP contribution in [0.4, 0.5) is 0 Å². The van der Waals surface area contributed by atoms with E-state index in [2.05, 4.69) is 10.1 Å². The van der Waals surface area contributed by atoms with Crippen LogP contribution in [0.15, 0.2) is 48.5 Å². The topological polar surface area (TPSA) is 64.6 Å². The molecular weight excluding hydrogens is 342 g/mol. The van der Waals surface area contributed by atoms with Gasteiger partial charge in [-0.05, 0) is 24.6 Å². The van der Waals surface area contributed by atoms with E-state index in [1.165, 1.54) is 7.11 Å². The van der Waals surface area contributed by atoms with Gasteiger partial charge in [0.15, 0.2) is 0 Å². The van der Waals surface area contributed by atoms with Crippen LogP contribution < -0.4 is 10.1 Å². The molecule has 0 saturated carbocycles. The Balaban J connectivity index is 1.94. The molecule has 6 heteroatoms. The molecule has 1 amide bonds. The van der Waals surface area contributed by atoms with Crippen molar-refractivity contribution in [3.8, 4) is 5.75 Å². The number of esters is 1. The van der Waals surface area contributed by atoms with E-state index in [9.17, 15) is 9.59 Å². The van der Waals surface area contributed by atoms with Crippen LogP contribution in [0, 0.1) is 0 Å². The SMILES string of the molecule is COC(=O)CCCNC(=O)c1ccccc1OCc1ccccc1Cl. The van der Waals surface area contributed by atoms with Crippen LogP contribution in [0.2, 0.25) is 5.02 Å². The Hall–Kier alpha value is -2.53. The molecule has 132 valence electrons. The summed E-state index contributed by atoms with van der Waals surface area (Å²) in [6.45, 7) is 0.652. The summed E-state index contributed by atoms with van der Waals surface area (Å²) < 4.78 is 10.3. The molecule has 25 heavy (non-hydrogen) atoms. The third-order valence-electron chi connectivity index (χ3n) is 3.54. The molecule has 0 bridgehead atoms. The van der Waals surface area contributed by atoms with Crippen LogP contribution in [-0.4, -0.2) is 25.5 Å². The number of nitrogens with one attached hydrogen (secondary N) is 1. The maximum absolute atomic E-state index is 12.3. The molecule has 0 spiro atoms. The quantitative estimate of drug-likeness (QED) is 0.576. The fraction of sp³-hybridized carbons (Fsp3) is 0.263. The lowest BCUT2D eigenvalue weighted by Crippen LogP contribution is -2.25. The molecule has 0 heterocycles. The third kappa shape index (κ3) is 5.80. The lowest BCUT2D eigenvalue weighted by atomic mass is 10.1. The molecule has 0 aromatic heterocycles. The summed E-state index contributed by atoms with van der Waals surface area (Å²) in [7, 11) is 1.34. The highest BCUT2D eigenvalue weighted by Crippen LogP contribution is 2.22. The van der Waals surface area contributed by atoms with Crippen LogP contribution >= 0.6 is 11.6 Å². The van der Waals surface area contributed by atoms with Gasteiger partial charge in [-0.1, -0.05) is 41.9 Å². The molecule has 2 aromatic rings. The molecule has 0 aliphatic carbocycles. The van der Waals surface area contributed by atoms with Gasteiger partial charge in [-0.25, -0.2) is 0 Å². The van der Waals surface area contributed by atoms with Crippen molar-refractivity contribution in [3.05, 3.63) is 64.7 Å². The van der Waals surface area contributed by atoms with Crippen molar-refractivity contribution >= 4 is 23.5 Å². The maximum atomic E-state index is 12.3. The first-order chi connectivity index (χ1) is 12.1. The zero-order chi connectivity index (χ0) is 18.1. The van der Waals surface area contributed by atoms with E-state index in [1.54, 1.807) is 30.3 Å². The summed E-state index contributed by atoms with van der Waals surface area (Å²) in [4.78, 5) is 23.4. The standard InChI is InChI=1S/C19H20ClNO4/c1-24-18(22)11-6-12-21-19(23)15-8-3-5-10-17(15)25-13-14-7-2-4-9-16(14)20/h2-5,7-10H,6,11-13H2,1H3,(H,21,23). The van der Waals surface area contributed by atoms with Gasteiger partial charge in [0, 0.05) is 23.6 Å². The van der Waals surface area contributed by atoms with Crippen molar-refractivity contribution in [2.24, 2.45) is 0 Å². The van der Waals surface area contributed by atoms with Crippen molar-refractivity contribution in [1.82, 2.24) is 5.32 Å². The molecular formula is C19H20ClNO4. The second kappa shape index (κ2) is 9.69. The van der Waals surface area contributed by atoms with Gasteiger partial charge in [0.1, 0.15) is 12.4 Å². The van der Waals surface area contributed by atoms with Gasteiger partial charge in [-0.2, -0.15) is 0 Å². The molecule has 0 fully saturated rings. The van der Waals surface area contributed by atoms with Gasteiger partial charge < -0.3 is 14.8 Å². The maximum Gasteiger partial charge on any atom is 0.305 e. The van der Waals surface area contributed by atoms with Crippen LogP contribution in [-0.2, 0) is 16.1 Å². The van der Waals surface area contributed by atoms with E-state index in [4.69, 9.17) is 16.3 Å². The largest absolute Gasteiger partial charge is 0.488 e. The first-order valence-electron chi connectivity index (χ1n) is 7.92. The number of para-hydroxylation sites is 1. The zero-order valence-corrected chi connectivity index (χ0v) is 14.7. The Morgan fingerprint density at radius 3 is 2.56 bits per heavy atom. The Morgan fingerprint density at radius 1 is 1.08 bits per heavy atom. The van der Waals surface area contributed by atoms with Gasteiger partial charge in [0.05, 0.1) is 12.7 Å². The summed E-state index contributed by atoms with van der Waals surface area (Å²) in [5.41, 5.74) is 1.28. The minimum atomic E-state index is -0.294. The molecule has 0 aliphatic heterocycles. The summed E-state index contributed by atoms with van der Waals surface area (Å²) >= 11 is 6.12. The van der Waals surface area contributed by atoms with E-state index in [-0.39, 0.29) is 24.9 Å². The van der Waals surface area contributed by atoms with Crippen molar-refractivity contribution in [1.29, 1.82) is 0 Å². The lowest BCUT2D eigenvalue weighted by Gasteiger charge is -2.12. The van der Waals surface area contributed by atoms with Gasteiger partial charge in [0.2, 0.25) is 0 Å². The molecule has 0 aliphatic rings. The number of ether oxygens (including phenoxy) is 2. The van der Waals surface area contributed by atoms with Crippen LogP contribution in [0.3, 0.4) is 0 Å². The monoisotopic (exact) mass is 361 g/mol. The molecule has 1 N–H and O–H groups in total. The molecule has 0 radical (unpaired) electrons. The highest BCUT2D eigenvalue weighted by molar-refractivity contribution is 6.31. The average Bonchev–Trinajstić information content (AvgIpc) is 2.64. The van der Waals surface area contributed by atoms with Crippen LogP contribution in [0.1, 0.15) is 28.8 Å². The normalized spacial score (nSPS) is 10.2. The lowest BCUT2D eigenvalue weighted by molar-refractivity contribution is -0.140. The van der Waals surface area contributed by atoms with Crippen molar-refractivity contribution < 1.29 is 19.1 Å². The Bertz CT molecular complexity index is 733. The van der Waals surface area contributed by atoms with Gasteiger partial charge in [-0.15, -0.1) is 0 Å². The van der Waals surface area contributed by atoms with E-state index in [0.717, 1.165) is 5.56 Å². The number of benzene rings is 2. The average molecular weight is 362 g/mol. The van der Waals surface area contributed by atoms with Gasteiger partial charge >= 0.3 is 5.97 Å². The highest BCUT2D eigenvalue weighted by atomic mass is 35.5. The number of hydrogen-bond acceptors (Lipinski definition) is 4. The number of carbonyl (C=O) groups excluding carboxylic acids is 2. The fourth-order valence-corrected chi connectivity index (χ4v) is 2.37. The van der Waals surface area contributed by atoms with Gasteiger partial charge in [-0.3, -0.25) is 9.59 Å². The molecule has 5 nitrogen and oxygen atoms in total. The van der Waals surface area contributed by atoms with Crippen molar-refractivity contribution in [2.75, 3.05) is 13.7 Å².